The van der Waals surface area contributed by atoms with Gasteiger partial charge in [0.1, 0.15) is 0 Å². The first-order chi connectivity index (χ1) is 13.6. The van der Waals surface area contributed by atoms with Gasteiger partial charge in [0.25, 0.3) is 0 Å². The fourth-order valence-electron chi connectivity index (χ4n) is 3.07. The monoisotopic (exact) mass is 409 g/mol. The summed E-state index contributed by atoms with van der Waals surface area (Å²) in [5.41, 5.74) is 5.13. The number of carbonyl (C=O) groups is 1. The Morgan fingerprint density at radius 3 is 2.11 bits per heavy atom. The number of allylic oxidation sites excluding steroid dienone is 2. The maximum absolute atomic E-state index is 10.8. The molecule has 1 aromatic rings. The number of primary amides is 1. The molecule has 0 saturated heterocycles. The second-order valence-electron chi connectivity index (χ2n) is 7.36. The Labute approximate surface area is 174 Å². The number of rotatable bonds is 18. The minimum atomic E-state index is -0.383. The van der Waals surface area contributed by atoms with E-state index in [2.05, 4.69) is 29.3 Å². The van der Waals surface area contributed by atoms with E-state index < -0.39 is 0 Å². The molecule has 0 radical (unpaired) electrons. The van der Waals surface area contributed by atoms with Crippen LogP contribution in [0.5, 0.6) is 0 Å². The van der Waals surface area contributed by atoms with Crippen molar-refractivity contribution in [3.63, 3.8) is 0 Å². The smallest absolute Gasteiger partial charge is 0.227 e. The van der Waals surface area contributed by atoms with Gasteiger partial charge in [0.2, 0.25) is 11.1 Å². The van der Waals surface area contributed by atoms with Gasteiger partial charge in [-0.2, -0.15) is 0 Å². The molecule has 1 heterocycles. The number of aromatic nitrogens is 3. The van der Waals surface area contributed by atoms with Crippen molar-refractivity contribution in [2.24, 2.45) is 5.73 Å². The molecule has 4 N–H and O–H groups in total. The lowest BCUT2D eigenvalue weighted by Crippen LogP contribution is -2.17. The van der Waals surface area contributed by atoms with Gasteiger partial charge in [-0.05, 0) is 32.1 Å². The van der Waals surface area contributed by atoms with Gasteiger partial charge in [0.15, 0.2) is 5.82 Å². The highest BCUT2D eigenvalue weighted by atomic mass is 32.2. The van der Waals surface area contributed by atoms with Crippen LogP contribution >= 0.6 is 11.8 Å². The molecule has 0 aliphatic heterocycles. The van der Waals surface area contributed by atoms with E-state index in [4.69, 9.17) is 11.6 Å². The van der Waals surface area contributed by atoms with E-state index in [0.717, 1.165) is 18.7 Å². The van der Waals surface area contributed by atoms with E-state index >= 15 is 0 Å². The molecule has 6 nitrogen and oxygen atoms in total. The number of hydrogen-bond donors (Lipinski definition) is 2. The summed E-state index contributed by atoms with van der Waals surface area (Å²) in [5, 5.41) is 8.66. The molecule has 0 aromatic carbocycles. The Balaban J connectivity index is 1.95. The fraction of sp³-hybridized carbons (Fsp3) is 0.762. The van der Waals surface area contributed by atoms with Crippen LogP contribution in [0.25, 0.3) is 0 Å². The molecular weight excluding hydrogens is 370 g/mol. The van der Waals surface area contributed by atoms with Gasteiger partial charge in [-0.25, -0.2) is 4.68 Å². The maximum atomic E-state index is 10.8. The SMILES string of the molecule is CCCCCCCCC=CCCCCCCCc1nnc(SCC(N)=O)n1N. The minimum Gasteiger partial charge on any atom is -0.369 e. The van der Waals surface area contributed by atoms with E-state index in [-0.39, 0.29) is 11.7 Å². The largest absolute Gasteiger partial charge is 0.369 e. The molecule has 1 amide bonds. The number of nitrogens with zero attached hydrogens (tertiary/aromatic N) is 3. The molecule has 0 unspecified atom stereocenters. The van der Waals surface area contributed by atoms with Crippen LogP contribution in [0.3, 0.4) is 0 Å². The van der Waals surface area contributed by atoms with Crippen molar-refractivity contribution >= 4 is 17.7 Å². The summed E-state index contributed by atoms with van der Waals surface area (Å²) < 4.78 is 1.47. The van der Waals surface area contributed by atoms with Crippen molar-refractivity contribution in [1.29, 1.82) is 0 Å². The van der Waals surface area contributed by atoms with E-state index in [1.807, 2.05) is 0 Å². The van der Waals surface area contributed by atoms with Crippen molar-refractivity contribution in [1.82, 2.24) is 14.9 Å². The summed E-state index contributed by atoms with van der Waals surface area (Å²) in [5.74, 6) is 6.52. The normalized spacial score (nSPS) is 11.5. The van der Waals surface area contributed by atoms with Crippen LogP contribution in [0.1, 0.15) is 96.2 Å². The van der Waals surface area contributed by atoms with Crippen molar-refractivity contribution in [3.8, 4) is 0 Å². The number of unbranched alkanes of at least 4 members (excludes halogenated alkanes) is 11. The van der Waals surface area contributed by atoms with Gasteiger partial charge in [0, 0.05) is 6.42 Å². The van der Waals surface area contributed by atoms with Crippen molar-refractivity contribution in [3.05, 3.63) is 18.0 Å². The molecule has 1 rings (SSSR count). The predicted octanol–water partition coefficient (Wildman–Crippen LogP) is 4.76. The molecule has 0 aliphatic rings. The summed E-state index contributed by atoms with van der Waals surface area (Å²) in [6.45, 7) is 2.26. The van der Waals surface area contributed by atoms with Crippen LogP contribution in [0.4, 0.5) is 0 Å². The number of nitrogens with two attached hydrogens (primary N) is 2. The van der Waals surface area contributed by atoms with E-state index in [9.17, 15) is 4.79 Å². The zero-order chi connectivity index (χ0) is 20.5. The summed E-state index contributed by atoms with van der Waals surface area (Å²) in [6, 6.07) is 0. The van der Waals surface area contributed by atoms with Crippen LogP contribution in [-0.4, -0.2) is 26.5 Å². The zero-order valence-electron chi connectivity index (χ0n) is 17.6. The molecule has 0 fully saturated rings. The van der Waals surface area contributed by atoms with Gasteiger partial charge in [-0.15, -0.1) is 10.2 Å². The molecule has 160 valence electrons. The van der Waals surface area contributed by atoms with E-state index in [1.54, 1.807) is 0 Å². The number of nitrogen functional groups attached to an aromatic ring is 1. The van der Waals surface area contributed by atoms with Crippen molar-refractivity contribution in [2.45, 2.75) is 102 Å². The van der Waals surface area contributed by atoms with Crippen molar-refractivity contribution < 1.29 is 4.79 Å². The Bertz CT molecular complexity index is 559. The third-order valence-electron chi connectivity index (χ3n) is 4.74. The van der Waals surface area contributed by atoms with Crippen LogP contribution in [0, 0.1) is 0 Å². The van der Waals surface area contributed by atoms with Crippen LogP contribution in [-0.2, 0) is 11.2 Å². The summed E-state index contributed by atoms with van der Waals surface area (Å²) in [4.78, 5) is 10.8. The molecule has 1 aromatic heterocycles. The van der Waals surface area contributed by atoms with E-state index in [1.165, 1.54) is 93.5 Å². The lowest BCUT2D eigenvalue weighted by atomic mass is 10.1. The molecule has 7 heteroatoms. The third-order valence-corrected chi connectivity index (χ3v) is 5.71. The molecule has 0 aliphatic carbocycles. The Morgan fingerprint density at radius 2 is 1.50 bits per heavy atom. The molecule has 0 saturated carbocycles. The maximum Gasteiger partial charge on any atom is 0.227 e. The van der Waals surface area contributed by atoms with Gasteiger partial charge in [-0.1, -0.05) is 82.2 Å². The van der Waals surface area contributed by atoms with Crippen LogP contribution < -0.4 is 11.6 Å². The number of hydrogen-bond acceptors (Lipinski definition) is 5. The topological polar surface area (TPSA) is 99.8 Å². The average Bonchev–Trinajstić information content (AvgIpc) is 3.03. The highest BCUT2D eigenvalue weighted by Gasteiger charge is 2.10. The van der Waals surface area contributed by atoms with E-state index in [0.29, 0.717) is 5.16 Å². The highest BCUT2D eigenvalue weighted by molar-refractivity contribution is 7.99. The van der Waals surface area contributed by atoms with Gasteiger partial charge in [0.05, 0.1) is 5.75 Å². The Hall–Kier alpha value is -1.50. The lowest BCUT2D eigenvalue weighted by molar-refractivity contribution is -0.115. The molecule has 28 heavy (non-hydrogen) atoms. The van der Waals surface area contributed by atoms with Crippen LogP contribution in [0.2, 0.25) is 0 Å². The second kappa shape index (κ2) is 16.5. The number of aryl methyl sites for hydroxylation is 1. The van der Waals surface area contributed by atoms with Gasteiger partial charge >= 0.3 is 0 Å². The van der Waals surface area contributed by atoms with Gasteiger partial charge < -0.3 is 11.6 Å². The molecular formula is C21H39N5OS. The van der Waals surface area contributed by atoms with Gasteiger partial charge in [-0.3, -0.25) is 4.79 Å². The Kier molecular flexibility index (Phi) is 14.4. The summed E-state index contributed by atoms with van der Waals surface area (Å²) in [7, 11) is 0. The first-order valence-corrected chi connectivity index (χ1v) is 11.9. The standard InChI is InChI=1S/C21H39N5OS/c1-2-3-4-5-6-7-8-9-10-11-12-13-14-15-16-17-20-24-25-21(26(20)23)28-18-19(22)27/h9-10H,2-8,11-18,23H2,1H3,(H2,22,27). The molecule has 0 spiro atoms. The average molecular weight is 410 g/mol. The summed E-state index contributed by atoms with van der Waals surface area (Å²) >= 11 is 1.22. The first-order valence-electron chi connectivity index (χ1n) is 10.9. The number of amides is 1. The Morgan fingerprint density at radius 1 is 0.929 bits per heavy atom. The highest BCUT2D eigenvalue weighted by Crippen LogP contribution is 2.15. The number of carbonyl (C=O) groups excluding carboxylic acids is 1. The minimum absolute atomic E-state index is 0.169. The fourth-order valence-corrected chi connectivity index (χ4v) is 3.68. The molecule has 0 atom stereocenters. The zero-order valence-corrected chi connectivity index (χ0v) is 18.4. The number of thioether (sulfide) groups is 1. The quantitative estimate of drug-likeness (QED) is 0.158. The third kappa shape index (κ3) is 12.1. The molecule has 0 bridgehead atoms. The lowest BCUT2D eigenvalue weighted by Gasteiger charge is -2.03. The van der Waals surface area contributed by atoms with Crippen molar-refractivity contribution in [2.75, 3.05) is 11.6 Å². The van der Waals surface area contributed by atoms with Crippen LogP contribution in [0.15, 0.2) is 17.3 Å². The first kappa shape index (κ1) is 24.5. The second-order valence-corrected chi connectivity index (χ2v) is 8.30. The summed E-state index contributed by atoms with van der Waals surface area (Å²) in [6.07, 6.45) is 22.2. The predicted molar refractivity (Wildman–Crippen MR) is 119 cm³/mol.